The van der Waals surface area contributed by atoms with Crippen molar-refractivity contribution in [3.63, 3.8) is 0 Å². The maximum atomic E-state index is 12.3. The highest BCUT2D eigenvalue weighted by atomic mass is 16.7. The average Bonchev–Trinajstić information content (AvgIpc) is 3.43. The van der Waals surface area contributed by atoms with Crippen LogP contribution in [0.1, 0.15) is 21.5 Å². The molecule has 2 aliphatic rings. The molecular weight excluding hydrogens is 441 g/mol. The second-order valence-corrected chi connectivity index (χ2v) is 8.69. The van der Waals surface area contributed by atoms with Crippen molar-refractivity contribution in [2.45, 2.75) is 13.2 Å². The molecule has 11 nitrogen and oxygen atoms in total. The van der Waals surface area contributed by atoms with Gasteiger partial charge in [-0.05, 0) is 23.3 Å². The van der Waals surface area contributed by atoms with Crippen molar-refractivity contribution in [3.05, 3.63) is 77.5 Å². The minimum atomic E-state index is -2.41. The molecule has 5 rings (SSSR count). The van der Waals surface area contributed by atoms with Crippen LogP contribution >= 0.6 is 0 Å². The topological polar surface area (TPSA) is 122 Å². The van der Waals surface area contributed by atoms with E-state index in [9.17, 15) is 14.4 Å². The van der Waals surface area contributed by atoms with Crippen LogP contribution < -0.4 is 11.1 Å². The second-order valence-electron chi connectivity index (χ2n) is 8.69. The number of likely N-dealkylation sites (N-methyl/N-ethyl adjacent to an activating group) is 1. The number of quaternary nitrogens is 1. The Kier molecular flexibility index (Phi) is 5.38. The maximum absolute atomic E-state index is 12.3. The highest BCUT2D eigenvalue weighted by Crippen LogP contribution is 2.32. The number of hydrogen-bond donors (Lipinski definition) is 1. The molecule has 2 aliphatic heterocycles. The van der Waals surface area contributed by atoms with Crippen molar-refractivity contribution in [1.82, 2.24) is 20.5 Å². The van der Waals surface area contributed by atoms with E-state index in [1.165, 1.54) is 0 Å². The molecule has 2 aromatic carbocycles. The van der Waals surface area contributed by atoms with Crippen LogP contribution in [0.5, 0.6) is 0 Å². The van der Waals surface area contributed by atoms with Crippen LogP contribution in [0.2, 0.25) is 0 Å². The molecule has 1 aromatic heterocycles. The molecule has 1 N–H and O–H groups in total. The van der Waals surface area contributed by atoms with Crippen molar-refractivity contribution < 1.29 is 32.9 Å². The zero-order valence-electron chi connectivity index (χ0n) is 18.4. The number of fused-ring (bicyclic) bond motifs is 1. The molecule has 34 heavy (non-hydrogen) atoms. The number of rotatable bonds is 7. The number of carbonyl (C=O) groups is 3. The van der Waals surface area contributed by atoms with Gasteiger partial charge in [0, 0.05) is 18.8 Å². The fraction of sp³-hybridized carbons (Fsp3) is 0.227. The van der Waals surface area contributed by atoms with E-state index in [0.29, 0.717) is 17.7 Å². The lowest BCUT2D eigenvalue weighted by Gasteiger charge is -2.38. The summed E-state index contributed by atoms with van der Waals surface area (Å²) in [5, 5.41) is 8.25. The number of nitrogens with one attached hydrogen (secondary N) is 1. The summed E-state index contributed by atoms with van der Waals surface area (Å²) < 4.78 is 12.5. The third kappa shape index (κ3) is 3.93. The molecule has 2 saturated heterocycles. The average molecular weight is 463 g/mol. The number of hydrogen-bond acceptors (Lipinski definition) is 8. The summed E-state index contributed by atoms with van der Waals surface area (Å²) in [6, 6.07) is 16.5. The van der Waals surface area contributed by atoms with Crippen LogP contribution in [0.3, 0.4) is 0 Å². The van der Waals surface area contributed by atoms with Gasteiger partial charge in [0.25, 0.3) is 5.91 Å². The fourth-order valence-corrected chi connectivity index (χ4v) is 4.36. The monoisotopic (exact) mass is 463 g/mol. The number of nitrogens with zero attached hydrogens (tertiary/aromatic N) is 4. The molecule has 0 spiro atoms. The summed E-state index contributed by atoms with van der Waals surface area (Å²) >= 11 is 0. The normalized spacial score (nSPS) is 23.3. The highest BCUT2D eigenvalue weighted by molar-refractivity contribution is 6.78. The van der Waals surface area contributed by atoms with Crippen molar-refractivity contribution >= 4 is 30.1 Å². The number of carbonyl (C=O) groups excluding carboxylic acids is 3. The lowest BCUT2D eigenvalue weighted by molar-refractivity contribution is -0.791. The molecule has 3 aromatic rings. The third-order valence-corrected chi connectivity index (χ3v) is 6.12. The second kappa shape index (κ2) is 8.39. The van der Waals surface area contributed by atoms with Crippen LogP contribution in [-0.2, 0) is 36.9 Å². The third-order valence-electron chi connectivity index (χ3n) is 6.12. The molecule has 0 aliphatic carbocycles. The van der Waals surface area contributed by atoms with Gasteiger partial charge in [-0.25, -0.2) is 5.48 Å². The Morgan fingerprint density at radius 2 is 1.74 bits per heavy atom. The summed E-state index contributed by atoms with van der Waals surface area (Å²) in [6.45, 7) is -1.71. The molecule has 0 atom stereocenters. The van der Waals surface area contributed by atoms with Gasteiger partial charge in [-0.15, -0.1) is 0 Å². The van der Waals surface area contributed by atoms with Gasteiger partial charge >= 0.3 is 18.6 Å². The van der Waals surface area contributed by atoms with Crippen LogP contribution in [0, 0.1) is 0 Å². The molecule has 0 bridgehead atoms. The van der Waals surface area contributed by atoms with Crippen molar-refractivity contribution in [3.8, 4) is 0 Å². The number of hydroxylamine groups is 1. The van der Waals surface area contributed by atoms with Crippen LogP contribution in [-0.4, -0.2) is 64.1 Å². The number of amides is 1. The molecule has 0 unspecified atom stereocenters. The Balaban J connectivity index is 1.22. The SMILES string of the molecule is C[N+]12CC(=O)O[B-]1(c1cn(Cc3ccc(C(=O)NOCc4ccccc4)cc3)nn1)OC(=O)C2. The highest BCUT2D eigenvalue weighted by Gasteiger charge is 2.68. The Hall–Kier alpha value is -4.03. The van der Waals surface area contributed by atoms with Crippen LogP contribution in [0.25, 0.3) is 0 Å². The summed E-state index contributed by atoms with van der Waals surface area (Å²) in [7, 11) is 1.74. The minimum absolute atomic E-state index is 0.00646. The van der Waals surface area contributed by atoms with Crippen molar-refractivity contribution in [1.29, 1.82) is 0 Å². The quantitative estimate of drug-likeness (QED) is 0.381. The lowest BCUT2D eigenvalue weighted by Crippen LogP contribution is -2.68. The van der Waals surface area contributed by atoms with E-state index >= 15 is 0 Å². The Labute approximate surface area is 194 Å². The summed E-state index contributed by atoms with van der Waals surface area (Å²) in [4.78, 5) is 41.5. The summed E-state index contributed by atoms with van der Waals surface area (Å²) in [5.74, 6) is -1.23. The predicted octanol–water partition coefficient (Wildman–Crippen LogP) is -0.106. The first-order valence-corrected chi connectivity index (χ1v) is 10.7. The number of benzene rings is 2. The van der Waals surface area contributed by atoms with Crippen molar-refractivity contribution in [2.75, 3.05) is 20.1 Å². The van der Waals surface area contributed by atoms with Crippen LogP contribution in [0.15, 0.2) is 60.8 Å². The Morgan fingerprint density at radius 1 is 1.06 bits per heavy atom. The zero-order chi connectivity index (χ0) is 23.8. The van der Waals surface area contributed by atoms with Crippen LogP contribution in [0.4, 0.5) is 0 Å². The molecule has 174 valence electrons. The Bertz CT molecular complexity index is 1230. The minimum Gasteiger partial charge on any atom is -0.595 e. The zero-order valence-corrected chi connectivity index (χ0v) is 18.4. The molecule has 0 saturated carbocycles. The molecule has 2 fully saturated rings. The maximum Gasteiger partial charge on any atom is 0.635 e. The first-order chi connectivity index (χ1) is 16.4. The van der Waals surface area contributed by atoms with Crippen molar-refractivity contribution in [2.24, 2.45) is 0 Å². The molecule has 0 radical (unpaired) electrons. The lowest BCUT2D eigenvalue weighted by atomic mass is 9.65. The molecular formula is C22H22BN5O6. The van der Waals surface area contributed by atoms with Gasteiger partial charge in [0.2, 0.25) is 0 Å². The van der Waals surface area contributed by atoms with E-state index in [0.717, 1.165) is 11.1 Å². The summed E-state index contributed by atoms with van der Waals surface area (Å²) in [5.41, 5.74) is 5.01. The van der Waals surface area contributed by atoms with Gasteiger partial charge in [0.05, 0.1) is 18.7 Å². The van der Waals surface area contributed by atoms with E-state index in [1.807, 2.05) is 30.3 Å². The smallest absolute Gasteiger partial charge is 0.595 e. The van der Waals surface area contributed by atoms with Gasteiger partial charge in [-0.2, -0.15) is 5.10 Å². The van der Waals surface area contributed by atoms with E-state index in [4.69, 9.17) is 14.1 Å². The molecule has 12 heteroatoms. The van der Waals surface area contributed by atoms with Gasteiger partial charge in [0.1, 0.15) is 13.1 Å². The molecule has 1 amide bonds. The largest absolute Gasteiger partial charge is 0.635 e. The van der Waals surface area contributed by atoms with Gasteiger partial charge in [-0.3, -0.25) is 23.9 Å². The molecule has 3 heterocycles. The fourth-order valence-electron chi connectivity index (χ4n) is 4.36. The first kappa shape index (κ1) is 21.8. The first-order valence-electron chi connectivity index (χ1n) is 10.7. The summed E-state index contributed by atoms with van der Waals surface area (Å²) in [6.07, 6.45) is 1.62. The van der Waals surface area contributed by atoms with E-state index in [1.54, 1.807) is 42.2 Å². The van der Waals surface area contributed by atoms with Gasteiger partial charge in [-0.1, -0.05) is 47.7 Å². The predicted molar refractivity (Wildman–Crippen MR) is 118 cm³/mol. The number of aromatic nitrogens is 3. The Morgan fingerprint density at radius 3 is 2.41 bits per heavy atom. The van der Waals surface area contributed by atoms with Gasteiger partial charge in [0.15, 0.2) is 0 Å². The van der Waals surface area contributed by atoms with E-state index in [2.05, 4.69) is 15.8 Å². The van der Waals surface area contributed by atoms with E-state index in [-0.39, 0.29) is 30.0 Å². The van der Waals surface area contributed by atoms with Gasteiger partial charge < -0.3 is 13.7 Å². The van der Waals surface area contributed by atoms with E-state index < -0.39 is 18.6 Å². The standard InChI is InChI=1S/C22H22BN5O6/c1-28-13-20(29)33-23(28,34-21(30)14-28)19-12-27(26-24-19)11-16-7-9-18(10-8-16)22(31)25-32-15-17-5-3-2-4-6-17/h2-10,12H,11,13-15H2,1H3,(H,25,31).